The first-order valence-corrected chi connectivity index (χ1v) is 11.2. The third kappa shape index (κ3) is 5.74. The van der Waals surface area contributed by atoms with Gasteiger partial charge in [-0.1, -0.05) is 6.92 Å². The number of nitrogens with one attached hydrogen (secondary N) is 3. The van der Waals surface area contributed by atoms with Crippen molar-refractivity contribution in [1.82, 2.24) is 24.9 Å². The predicted octanol–water partition coefficient (Wildman–Crippen LogP) is 1.07. The molecule has 2 aromatic heterocycles. The van der Waals surface area contributed by atoms with E-state index >= 15 is 0 Å². The Hall–Kier alpha value is -2.56. The van der Waals surface area contributed by atoms with Crippen molar-refractivity contribution in [3.8, 4) is 0 Å². The van der Waals surface area contributed by atoms with E-state index in [1.165, 1.54) is 0 Å². The Labute approximate surface area is 180 Å². The second-order valence-electron chi connectivity index (χ2n) is 7.06. The average Bonchev–Trinajstić information content (AvgIpc) is 2.74. The molecule has 0 bridgehead atoms. The molecule has 162 valence electrons. The lowest BCUT2D eigenvalue weighted by Crippen LogP contribution is -2.46. The Morgan fingerprint density at radius 3 is 2.63 bits per heavy atom. The molecule has 2 aromatic rings. The quantitative estimate of drug-likeness (QED) is 0.578. The molecule has 30 heavy (non-hydrogen) atoms. The Morgan fingerprint density at radius 1 is 1.20 bits per heavy atom. The maximum Gasteiger partial charge on any atom is 0.269 e. The number of anilines is 2. The molecule has 0 radical (unpaired) electrons. The van der Waals surface area contributed by atoms with Crippen LogP contribution >= 0.6 is 0 Å². The number of aryl methyl sites for hydroxylation is 1. The fourth-order valence-electron chi connectivity index (χ4n) is 3.44. The van der Waals surface area contributed by atoms with Crippen LogP contribution in [0.4, 0.5) is 11.5 Å². The summed E-state index contributed by atoms with van der Waals surface area (Å²) >= 11 is -1.33. The van der Waals surface area contributed by atoms with Crippen molar-refractivity contribution in [3.63, 3.8) is 0 Å². The minimum atomic E-state index is -1.33. The smallest absolute Gasteiger partial charge is 0.269 e. The highest BCUT2D eigenvalue weighted by Gasteiger charge is 2.20. The summed E-state index contributed by atoms with van der Waals surface area (Å²) < 4.78 is 17.5. The van der Waals surface area contributed by atoms with Crippen molar-refractivity contribution in [2.24, 2.45) is 0 Å². The van der Waals surface area contributed by atoms with Crippen molar-refractivity contribution < 1.29 is 9.00 Å². The molecular formula is C20H29N7O2S. The van der Waals surface area contributed by atoms with Crippen LogP contribution in [0.3, 0.4) is 0 Å². The number of pyridine rings is 2. The lowest BCUT2D eigenvalue weighted by Gasteiger charge is -2.36. The van der Waals surface area contributed by atoms with E-state index in [4.69, 9.17) is 0 Å². The highest BCUT2D eigenvalue weighted by atomic mass is 32.2. The van der Waals surface area contributed by atoms with Gasteiger partial charge in [0.05, 0.1) is 11.4 Å². The van der Waals surface area contributed by atoms with Crippen LogP contribution in [-0.4, -0.2) is 64.8 Å². The minimum Gasteiger partial charge on any atom is -0.368 e. The first kappa shape index (κ1) is 22.1. The van der Waals surface area contributed by atoms with Crippen LogP contribution in [0.15, 0.2) is 30.5 Å². The number of carbonyl (C=O) groups excluding carboxylic acids is 1. The van der Waals surface area contributed by atoms with Gasteiger partial charge in [-0.05, 0) is 36.8 Å². The summed E-state index contributed by atoms with van der Waals surface area (Å²) in [6.45, 7) is 8.90. The molecule has 1 saturated heterocycles. The van der Waals surface area contributed by atoms with Crippen LogP contribution in [-0.2, 0) is 17.7 Å². The summed E-state index contributed by atoms with van der Waals surface area (Å²) in [6.07, 6.45) is 1.74. The molecule has 1 fully saturated rings. The summed E-state index contributed by atoms with van der Waals surface area (Å²) in [6, 6.07) is 7.68. The van der Waals surface area contributed by atoms with Gasteiger partial charge in [0, 0.05) is 52.5 Å². The summed E-state index contributed by atoms with van der Waals surface area (Å²) in [5.41, 5.74) is 3.50. The fourth-order valence-corrected chi connectivity index (χ4v) is 4.07. The van der Waals surface area contributed by atoms with Crippen molar-refractivity contribution in [1.29, 1.82) is 0 Å². The van der Waals surface area contributed by atoms with E-state index in [1.54, 1.807) is 19.3 Å². The normalized spacial score (nSPS) is 15.6. The van der Waals surface area contributed by atoms with Gasteiger partial charge in [-0.25, -0.2) is 18.9 Å². The Balaban J connectivity index is 1.56. The second kappa shape index (κ2) is 10.5. The zero-order valence-corrected chi connectivity index (χ0v) is 18.5. The number of nitrogens with zero attached hydrogens (tertiary/aromatic N) is 4. The van der Waals surface area contributed by atoms with Crippen molar-refractivity contribution in [2.75, 3.05) is 49.4 Å². The third-order valence-electron chi connectivity index (χ3n) is 4.93. The first-order valence-electron chi connectivity index (χ1n) is 10.0. The summed E-state index contributed by atoms with van der Waals surface area (Å²) in [4.78, 5) is 25.1. The van der Waals surface area contributed by atoms with Gasteiger partial charge in [0.2, 0.25) is 0 Å². The van der Waals surface area contributed by atoms with Crippen molar-refractivity contribution in [3.05, 3.63) is 47.4 Å². The molecule has 10 heteroatoms. The predicted molar refractivity (Wildman–Crippen MR) is 120 cm³/mol. The fraction of sp³-hybridized carbons (Fsp3) is 0.450. The van der Waals surface area contributed by atoms with Crippen molar-refractivity contribution >= 4 is 28.6 Å². The van der Waals surface area contributed by atoms with Crippen LogP contribution in [0.25, 0.3) is 0 Å². The molecule has 1 unspecified atom stereocenters. The maximum absolute atomic E-state index is 11.8. The van der Waals surface area contributed by atoms with Gasteiger partial charge in [-0.15, -0.1) is 0 Å². The monoisotopic (exact) mass is 431 g/mol. The molecule has 0 aliphatic carbocycles. The number of aromatic nitrogens is 2. The maximum atomic E-state index is 11.8. The van der Waals surface area contributed by atoms with E-state index in [2.05, 4.69) is 34.5 Å². The molecule has 1 amide bonds. The van der Waals surface area contributed by atoms with Crippen molar-refractivity contribution in [2.45, 2.75) is 20.4 Å². The zero-order chi connectivity index (χ0) is 21.5. The molecule has 0 saturated carbocycles. The first-order chi connectivity index (χ1) is 14.5. The molecule has 3 N–H and O–H groups in total. The van der Waals surface area contributed by atoms with E-state index in [0.29, 0.717) is 18.1 Å². The standard InChI is InChI=1S/C20H29N7O2S/c1-4-23-30(29)25-19-13-16(7-8-22-19)14-26-9-11-27(12-10-26)18-6-5-17(20(28)21-3)24-15(18)2/h5-8,13,23H,4,9-12,14H2,1-3H3,(H,21,28)(H,22,25). The van der Waals surface area contributed by atoms with Gasteiger partial charge in [-0.3, -0.25) is 14.4 Å². The Morgan fingerprint density at radius 2 is 1.97 bits per heavy atom. The topological polar surface area (TPSA) is 102 Å². The molecular weight excluding hydrogens is 402 g/mol. The van der Waals surface area contributed by atoms with Crippen LogP contribution in [0.5, 0.6) is 0 Å². The number of amides is 1. The van der Waals surface area contributed by atoms with E-state index in [9.17, 15) is 9.00 Å². The molecule has 1 atom stereocenters. The molecule has 0 aromatic carbocycles. The van der Waals surface area contributed by atoms with Gasteiger partial charge >= 0.3 is 0 Å². The van der Waals surface area contributed by atoms with Gasteiger partial charge in [0.15, 0.2) is 11.2 Å². The molecule has 9 nitrogen and oxygen atoms in total. The van der Waals surface area contributed by atoms with Gasteiger partial charge in [-0.2, -0.15) is 0 Å². The number of rotatable bonds is 8. The lowest BCUT2D eigenvalue weighted by atomic mass is 10.2. The summed E-state index contributed by atoms with van der Waals surface area (Å²) in [7, 11) is 1.61. The minimum absolute atomic E-state index is 0.171. The Bertz CT molecular complexity index is 900. The van der Waals surface area contributed by atoms with Crippen LogP contribution in [0.2, 0.25) is 0 Å². The highest BCUT2D eigenvalue weighted by molar-refractivity contribution is 7.84. The van der Waals surface area contributed by atoms with E-state index < -0.39 is 11.2 Å². The number of carbonyl (C=O) groups is 1. The number of hydrogen-bond donors (Lipinski definition) is 3. The van der Waals surface area contributed by atoms with Gasteiger partial charge in [0.1, 0.15) is 11.5 Å². The van der Waals surface area contributed by atoms with E-state index in [0.717, 1.165) is 49.7 Å². The summed E-state index contributed by atoms with van der Waals surface area (Å²) in [5, 5.41) is 2.61. The molecule has 0 spiro atoms. The number of hydrogen-bond acceptors (Lipinski definition) is 6. The van der Waals surface area contributed by atoms with Gasteiger partial charge in [0.25, 0.3) is 5.91 Å². The van der Waals surface area contributed by atoms with Gasteiger partial charge < -0.3 is 10.2 Å². The lowest BCUT2D eigenvalue weighted by molar-refractivity contribution is 0.0958. The summed E-state index contributed by atoms with van der Waals surface area (Å²) in [5.74, 6) is 0.429. The Kier molecular flexibility index (Phi) is 7.72. The zero-order valence-electron chi connectivity index (χ0n) is 17.6. The van der Waals surface area contributed by atoms with Crippen LogP contribution in [0, 0.1) is 6.92 Å². The molecule has 3 heterocycles. The van der Waals surface area contributed by atoms with E-state index in [1.807, 2.05) is 32.0 Å². The molecule has 3 rings (SSSR count). The largest absolute Gasteiger partial charge is 0.368 e. The second-order valence-corrected chi connectivity index (χ2v) is 8.09. The molecule has 1 aliphatic heterocycles. The average molecular weight is 432 g/mol. The van der Waals surface area contributed by atoms with Crippen LogP contribution in [0.1, 0.15) is 28.7 Å². The molecule has 1 aliphatic rings. The SMILES string of the molecule is CCNS(=O)Nc1cc(CN2CCN(c3ccc(C(=O)NC)nc3C)CC2)ccn1. The van der Waals surface area contributed by atoms with E-state index in [-0.39, 0.29) is 5.91 Å². The highest BCUT2D eigenvalue weighted by Crippen LogP contribution is 2.21. The number of piperazine rings is 1. The van der Waals surface area contributed by atoms with Crippen LogP contribution < -0.4 is 19.7 Å². The third-order valence-corrected chi connectivity index (χ3v) is 5.88.